The van der Waals surface area contributed by atoms with Crippen LogP contribution in [-0.4, -0.2) is 4.98 Å². The monoisotopic (exact) mass is 295 g/mol. The molecule has 0 radical (unpaired) electrons. The van der Waals surface area contributed by atoms with Crippen molar-refractivity contribution in [3.8, 4) is 11.1 Å². The molecule has 0 atom stereocenters. The number of aromatic nitrogens is 1. The fourth-order valence-corrected chi connectivity index (χ4v) is 2.80. The van der Waals surface area contributed by atoms with Gasteiger partial charge in [0.25, 0.3) is 0 Å². The molecule has 0 amide bonds. The van der Waals surface area contributed by atoms with E-state index in [2.05, 4.69) is 4.98 Å². The molecule has 3 rings (SSSR count). The highest BCUT2D eigenvalue weighted by molar-refractivity contribution is 5.69. The molecule has 0 bridgehead atoms. The average molecular weight is 295 g/mol. The van der Waals surface area contributed by atoms with Crippen LogP contribution in [0.1, 0.15) is 29.5 Å². The van der Waals surface area contributed by atoms with E-state index >= 15 is 0 Å². The molecule has 1 aromatic heterocycles. The highest BCUT2D eigenvalue weighted by atomic mass is 19.4. The standard InChI is InChI=1S/C16H13F4N/c17-15-7-11(16(18,19)20)5-6-13(15)14-9-21-8-10-3-1-2-4-12(10)14/h5-9H,1-4H2. The summed E-state index contributed by atoms with van der Waals surface area (Å²) in [6, 6.07) is 2.67. The first kappa shape index (κ1) is 14.0. The Hall–Kier alpha value is -1.91. The maximum Gasteiger partial charge on any atom is 0.416 e. The van der Waals surface area contributed by atoms with Crippen LogP contribution in [0.3, 0.4) is 0 Å². The van der Waals surface area contributed by atoms with E-state index in [1.807, 2.05) is 0 Å². The summed E-state index contributed by atoms with van der Waals surface area (Å²) in [4.78, 5) is 4.10. The maximum atomic E-state index is 14.1. The summed E-state index contributed by atoms with van der Waals surface area (Å²) in [6.07, 6.45) is 2.54. The van der Waals surface area contributed by atoms with Gasteiger partial charge in [0.1, 0.15) is 5.82 Å². The summed E-state index contributed by atoms with van der Waals surface area (Å²) in [6.45, 7) is 0. The quantitative estimate of drug-likeness (QED) is 0.690. The highest BCUT2D eigenvalue weighted by Gasteiger charge is 2.31. The van der Waals surface area contributed by atoms with Gasteiger partial charge in [0, 0.05) is 23.5 Å². The summed E-state index contributed by atoms with van der Waals surface area (Å²) in [5.41, 5.74) is 1.90. The lowest BCUT2D eigenvalue weighted by Crippen LogP contribution is -2.08. The molecule has 0 unspecified atom stereocenters. The van der Waals surface area contributed by atoms with Crippen LogP contribution in [0, 0.1) is 5.82 Å². The SMILES string of the molecule is Fc1cc(C(F)(F)F)ccc1-c1cncc2c1CCCC2. The Kier molecular flexibility index (Phi) is 3.43. The van der Waals surface area contributed by atoms with Gasteiger partial charge in [-0.3, -0.25) is 4.98 Å². The number of hydrogen-bond donors (Lipinski definition) is 0. The first-order valence-electron chi connectivity index (χ1n) is 6.79. The molecule has 1 aromatic carbocycles. The maximum absolute atomic E-state index is 14.1. The molecule has 0 fully saturated rings. The van der Waals surface area contributed by atoms with E-state index in [0.717, 1.165) is 42.9 Å². The Morgan fingerprint density at radius 2 is 1.71 bits per heavy atom. The van der Waals surface area contributed by atoms with Crippen molar-refractivity contribution in [3.63, 3.8) is 0 Å². The summed E-state index contributed by atoms with van der Waals surface area (Å²) < 4.78 is 51.9. The summed E-state index contributed by atoms with van der Waals surface area (Å²) in [5, 5.41) is 0. The average Bonchev–Trinajstić information content (AvgIpc) is 2.46. The van der Waals surface area contributed by atoms with Crippen molar-refractivity contribution < 1.29 is 17.6 Å². The minimum atomic E-state index is -4.53. The number of nitrogens with zero attached hydrogens (tertiary/aromatic N) is 1. The van der Waals surface area contributed by atoms with E-state index in [-0.39, 0.29) is 5.56 Å². The van der Waals surface area contributed by atoms with Crippen molar-refractivity contribution >= 4 is 0 Å². The molecule has 1 aliphatic rings. The smallest absolute Gasteiger partial charge is 0.264 e. The Morgan fingerprint density at radius 1 is 0.952 bits per heavy atom. The summed E-state index contributed by atoms with van der Waals surface area (Å²) in [5.74, 6) is -0.856. The lowest BCUT2D eigenvalue weighted by atomic mass is 9.87. The number of fused-ring (bicyclic) bond motifs is 1. The number of alkyl halides is 3. The van der Waals surface area contributed by atoms with Crippen LogP contribution in [0.4, 0.5) is 17.6 Å². The minimum absolute atomic E-state index is 0.189. The molecule has 0 N–H and O–H groups in total. The first-order valence-corrected chi connectivity index (χ1v) is 6.79. The topological polar surface area (TPSA) is 12.9 Å². The van der Waals surface area contributed by atoms with Gasteiger partial charge in [-0.25, -0.2) is 4.39 Å². The molecule has 110 valence electrons. The number of hydrogen-bond acceptors (Lipinski definition) is 1. The second-order valence-corrected chi connectivity index (χ2v) is 5.22. The van der Waals surface area contributed by atoms with Gasteiger partial charge >= 0.3 is 6.18 Å². The number of pyridine rings is 1. The van der Waals surface area contributed by atoms with Crippen LogP contribution in [-0.2, 0) is 19.0 Å². The molecule has 1 nitrogen and oxygen atoms in total. The first-order chi connectivity index (χ1) is 9.97. The zero-order valence-corrected chi connectivity index (χ0v) is 11.2. The Labute approximate surface area is 119 Å². The van der Waals surface area contributed by atoms with Gasteiger partial charge in [-0.1, -0.05) is 6.07 Å². The molecular weight excluding hydrogens is 282 g/mol. The molecule has 1 heterocycles. The van der Waals surface area contributed by atoms with Gasteiger partial charge in [0.05, 0.1) is 5.56 Å². The van der Waals surface area contributed by atoms with Gasteiger partial charge in [0.15, 0.2) is 0 Å². The number of rotatable bonds is 1. The zero-order chi connectivity index (χ0) is 15.0. The molecule has 5 heteroatoms. The Balaban J connectivity index is 2.10. The molecule has 21 heavy (non-hydrogen) atoms. The lowest BCUT2D eigenvalue weighted by Gasteiger charge is -2.19. The third-order valence-electron chi connectivity index (χ3n) is 3.86. The van der Waals surface area contributed by atoms with Crippen molar-refractivity contribution in [3.05, 3.63) is 53.1 Å². The summed E-state index contributed by atoms with van der Waals surface area (Å²) in [7, 11) is 0. The summed E-state index contributed by atoms with van der Waals surface area (Å²) >= 11 is 0. The van der Waals surface area contributed by atoms with E-state index in [4.69, 9.17) is 0 Å². The van der Waals surface area contributed by atoms with E-state index in [1.54, 1.807) is 6.20 Å². The van der Waals surface area contributed by atoms with Gasteiger partial charge in [-0.05, 0) is 48.9 Å². The largest absolute Gasteiger partial charge is 0.416 e. The predicted octanol–water partition coefficient (Wildman–Crippen LogP) is 4.79. The van der Waals surface area contributed by atoms with E-state index in [0.29, 0.717) is 11.6 Å². The molecule has 0 spiro atoms. The van der Waals surface area contributed by atoms with E-state index in [9.17, 15) is 17.6 Å². The fraction of sp³-hybridized carbons (Fsp3) is 0.312. The van der Waals surface area contributed by atoms with Crippen molar-refractivity contribution in [2.24, 2.45) is 0 Å². The number of benzene rings is 1. The van der Waals surface area contributed by atoms with Gasteiger partial charge in [-0.2, -0.15) is 13.2 Å². The number of halogens is 4. The van der Waals surface area contributed by atoms with E-state index < -0.39 is 17.6 Å². The second-order valence-electron chi connectivity index (χ2n) is 5.22. The fourth-order valence-electron chi connectivity index (χ4n) is 2.80. The highest BCUT2D eigenvalue weighted by Crippen LogP contribution is 2.35. The van der Waals surface area contributed by atoms with Gasteiger partial charge in [-0.15, -0.1) is 0 Å². The molecule has 1 aliphatic carbocycles. The van der Waals surface area contributed by atoms with Gasteiger partial charge < -0.3 is 0 Å². The molecular formula is C16H13F4N. The van der Waals surface area contributed by atoms with Crippen LogP contribution in [0.15, 0.2) is 30.6 Å². The van der Waals surface area contributed by atoms with Crippen molar-refractivity contribution in [1.29, 1.82) is 0 Å². The van der Waals surface area contributed by atoms with Crippen LogP contribution >= 0.6 is 0 Å². The third-order valence-corrected chi connectivity index (χ3v) is 3.86. The normalized spacial score (nSPS) is 14.9. The van der Waals surface area contributed by atoms with Crippen molar-refractivity contribution in [1.82, 2.24) is 4.98 Å². The van der Waals surface area contributed by atoms with Crippen molar-refractivity contribution in [2.75, 3.05) is 0 Å². The zero-order valence-electron chi connectivity index (χ0n) is 11.2. The predicted molar refractivity (Wildman–Crippen MR) is 71.3 cm³/mol. The minimum Gasteiger partial charge on any atom is -0.264 e. The molecule has 0 saturated carbocycles. The molecule has 2 aromatic rings. The van der Waals surface area contributed by atoms with Crippen LogP contribution in [0.5, 0.6) is 0 Å². The Morgan fingerprint density at radius 3 is 2.43 bits per heavy atom. The van der Waals surface area contributed by atoms with Crippen molar-refractivity contribution in [2.45, 2.75) is 31.9 Å². The molecule has 0 aliphatic heterocycles. The van der Waals surface area contributed by atoms with Gasteiger partial charge in [0.2, 0.25) is 0 Å². The second kappa shape index (κ2) is 5.13. The third kappa shape index (κ3) is 2.64. The Bertz CT molecular complexity index is 676. The molecule has 0 saturated heterocycles. The van der Waals surface area contributed by atoms with Crippen LogP contribution < -0.4 is 0 Å². The number of aryl methyl sites for hydroxylation is 1. The van der Waals surface area contributed by atoms with E-state index in [1.165, 1.54) is 12.3 Å². The van der Waals surface area contributed by atoms with Crippen LogP contribution in [0.2, 0.25) is 0 Å². The lowest BCUT2D eigenvalue weighted by molar-refractivity contribution is -0.137. The van der Waals surface area contributed by atoms with Crippen LogP contribution in [0.25, 0.3) is 11.1 Å².